The molecule has 0 saturated carbocycles. The van der Waals surface area contributed by atoms with Crippen LogP contribution in [-0.2, 0) is 16.1 Å². The standard InChI is InChI=1S/C24H20N2O4/c1-15-22(24(29)30-2)20(23(28)26(15)14-16-6-5-11-25-13-16)12-19-18-8-4-3-7-17(18)9-10-21(19)27/h3-13,28H,14H2,1-2H3. The van der Waals surface area contributed by atoms with Gasteiger partial charge >= 0.3 is 5.97 Å². The lowest BCUT2D eigenvalue weighted by Crippen LogP contribution is -2.07. The first kappa shape index (κ1) is 19.4. The molecular formula is C24H20N2O4. The van der Waals surface area contributed by atoms with Crippen molar-refractivity contribution in [3.05, 3.63) is 88.4 Å². The van der Waals surface area contributed by atoms with E-state index in [1.807, 2.05) is 30.3 Å². The minimum atomic E-state index is -0.577. The molecule has 0 bridgehead atoms. The fourth-order valence-electron chi connectivity index (χ4n) is 3.68. The van der Waals surface area contributed by atoms with Gasteiger partial charge in [-0.1, -0.05) is 36.4 Å². The highest BCUT2D eigenvalue weighted by Gasteiger charge is 2.27. The average Bonchev–Trinajstić information content (AvgIpc) is 3.00. The maximum Gasteiger partial charge on any atom is 0.340 e. The van der Waals surface area contributed by atoms with Crippen LogP contribution in [0.15, 0.2) is 54.9 Å². The molecule has 0 aliphatic heterocycles. The third kappa shape index (κ3) is 3.33. The van der Waals surface area contributed by atoms with Gasteiger partial charge in [-0.25, -0.2) is 4.79 Å². The van der Waals surface area contributed by atoms with Crippen LogP contribution in [0.3, 0.4) is 0 Å². The third-order valence-electron chi connectivity index (χ3n) is 5.20. The second-order valence-corrected chi connectivity index (χ2v) is 6.98. The first-order valence-electron chi connectivity index (χ1n) is 9.44. The van der Waals surface area contributed by atoms with E-state index in [1.165, 1.54) is 13.2 Å². The molecule has 1 aliphatic rings. The number of rotatable bonds is 4. The molecule has 0 saturated heterocycles. The highest BCUT2D eigenvalue weighted by molar-refractivity contribution is 6.33. The van der Waals surface area contributed by atoms with Crippen molar-refractivity contribution in [1.82, 2.24) is 9.55 Å². The van der Waals surface area contributed by atoms with Gasteiger partial charge < -0.3 is 14.4 Å². The summed E-state index contributed by atoms with van der Waals surface area (Å²) in [5, 5.41) is 11.0. The minimum absolute atomic E-state index is 0.107. The molecule has 3 aromatic rings. The molecule has 0 fully saturated rings. The zero-order valence-electron chi connectivity index (χ0n) is 16.6. The number of pyridine rings is 1. The van der Waals surface area contributed by atoms with Gasteiger partial charge in [-0.2, -0.15) is 0 Å². The van der Waals surface area contributed by atoms with E-state index in [0.717, 1.165) is 16.7 Å². The Morgan fingerprint density at radius 3 is 2.73 bits per heavy atom. The van der Waals surface area contributed by atoms with Gasteiger partial charge in [0.15, 0.2) is 11.7 Å². The van der Waals surface area contributed by atoms with Crippen LogP contribution < -0.4 is 0 Å². The lowest BCUT2D eigenvalue weighted by Gasteiger charge is -2.13. The van der Waals surface area contributed by atoms with E-state index in [0.29, 0.717) is 17.8 Å². The van der Waals surface area contributed by atoms with Gasteiger partial charge in [0.2, 0.25) is 0 Å². The zero-order chi connectivity index (χ0) is 21.3. The van der Waals surface area contributed by atoms with Gasteiger partial charge in [-0.3, -0.25) is 9.78 Å². The van der Waals surface area contributed by atoms with Gasteiger partial charge in [0, 0.05) is 23.7 Å². The number of ketones is 1. The molecule has 30 heavy (non-hydrogen) atoms. The van der Waals surface area contributed by atoms with Gasteiger partial charge in [0.1, 0.15) is 0 Å². The highest BCUT2D eigenvalue weighted by atomic mass is 16.5. The van der Waals surface area contributed by atoms with Crippen LogP contribution in [0.4, 0.5) is 0 Å². The molecule has 1 aromatic carbocycles. The number of esters is 1. The summed E-state index contributed by atoms with van der Waals surface area (Å²) in [6, 6.07) is 11.2. The van der Waals surface area contributed by atoms with Crippen molar-refractivity contribution in [2.45, 2.75) is 13.5 Å². The van der Waals surface area contributed by atoms with Crippen molar-refractivity contribution in [3.8, 4) is 5.88 Å². The third-order valence-corrected chi connectivity index (χ3v) is 5.20. The predicted molar refractivity (Wildman–Crippen MR) is 114 cm³/mol. The van der Waals surface area contributed by atoms with Crippen LogP contribution in [0, 0.1) is 6.92 Å². The minimum Gasteiger partial charge on any atom is -0.494 e. The van der Waals surface area contributed by atoms with E-state index in [1.54, 1.807) is 42.1 Å². The number of nitrogens with zero attached hydrogens (tertiary/aromatic N) is 2. The molecule has 6 heteroatoms. The summed E-state index contributed by atoms with van der Waals surface area (Å²) in [6.07, 6.45) is 8.18. The number of fused-ring (bicyclic) bond motifs is 1. The summed E-state index contributed by atoms with van der Waals surface area (Å²) in [4.78, 5) is 29.3. The van der Waals surface area contributed by atoms with E-state index in [9.17, 15) is 14.7 Å². The number of aromatic nitrogens is 2. The second-order valence-electron chi connectivity index (χ2n) is 6.98. The summed E-state index contributed by atoms with van der Waals surface area (Å²) >= 11 is 0. The lowest BCUT2D eigenvalue weighted by atomic mass is 9.90. The van der Waals surface area contributed by atoms with Crippen LogP contribution >= 0.6 is 0 Å². The Morgan fingerprint density at radius 1 is 1.20 bits per heavy atom. The largest absolute Gasteiger partial charge is 0.494 e. The normalized spacial score (nSPS) is 14.1. The molecule has 0 radical (unpaired) electrons. The van der Waals surface area contributed by atoms with Crippen molar-refractivity contribution >= 4 is 29.5 Å². The van der Waals surface area contributed by atoms with Crippen LogP contribution in [0.5, 0.6) is 5.88 Å². The molecular weight excluding hydrogens is 380 g/mol. The fraction of sp³-hybridized carbons (Fsp3) is 0.125. The van der Waals surface area contributed by atoms with Crippen molar-refractivity contribution in [2.75, 3.05) is 7.11 Å². The van der Waals surface area contributed by atoms with Gasteiger partial charge in [-0.15, -0.1) is 0 Å². The number of allylic oxidation sites excluding steroid dienone is 2. The number of hydrogen-bond donors (Lipinski definition) is 1. The molecule has 2 heterocycles. The number of ether oxygens (including phenoxy) is 1. The van der Waals surface area contributed by atoms with E-state index in [-0.39, 0.29) is 22.8 Å². The number of hydrogen-bond acceptors (Lipinski definition) is 5. The first-order chi connectivity index (χ1) is 14.5. The van der Waals surface area contributed by atoms with Crippen molar-refractivity contribution in [2.24, 2.45) is 0 Å². The van der Waals surface area contributed by atoms with Crippen molar-refractivity contribution < 1.29 is 19.4 Å². The summed E-state index contributed by atoms with van der Waals surface area (Å²) in [7, 11) is 1.29. The van der Waals surface area contributed by atoms with Crippen LogP contribution in [0.25, 0.3) is 17.7 Å². The zero-order valence-corrected chi connectivity index (χ0v) is 16.6. The Hall–Kier alpha value is -3.93. The van der Waals surface area contributed by atoms with Gasteiger partial charge in [-0.05, 0) is 41.8 Å². The number of carbonyl (C=O) groups excluding carboxylic acids is 2. The molecule has 0 atom stereocenters. The van der Waals surface area contributed by atoms with Gasteiger partial charge in [0.05, 0.1) is 24.8 Å². The molecule has 150 valence electrons. The summed E-state index contributed by atoms with van der Waals surface area (Å²) < 4.78 is 6.57. The second kappa shape index (κ2) is 7.83. The van der Waals surface area contributed by atoms with Crippen LogP contribution in [0.1, 0.15) is 38.3 Å². The van der Waals surface area contributed by atoms with E-state index in [2.05, 4.69) is 4.98 Å². The first-order valence-corrected chi connectivity index (χ1v) is 9.44. The summed E-state index contributed by atoms with van der Waals surface area (Å²) in [6.45, 7) is 2.06. The quantitative estimate of drug-likeness (QED) is 0.531. The maximum atomic E-state index is 12.6. The van der Waals surface area contributed by atoms with Crippen LogP contribution in [0.2, 0.25) is 0 Å². The Bertz CT molecular complexity index is 1200. The topological polar surface area (TPSA) is 81.4 Å². The predicted octanol–water partition coefficient (Wildman–Crippen LogP) is 3.87. The summed E-state index contributed by atoms with van der Waals surface area (Å²) in [5.74, 6) is -0.877. The molecule has 6 nitrogen and oxygen atoms in total. The number of methoxy groups -OCH3 is 1. The monoisotopic (exact) mass is 400 g/mol. The van der Waals surface area contributed by atoms with E-state index in [4.69, 9.17) is 4.74 Å². The number of aromatic hydroxyl groups is 1. The average molecular weight is 400 g/mol. The molecule has 0 spiro atoms. The van der Waals surface area contributed by atoms with E-state index < -0.39 is 5.97 Å². The van der Waals surface area contributed by atoms with Gasteiger partial charge in [0.25, 0.3) is 0 Å². The highest BCUT2D eigenvalue weighted by Crippen LogP contribution is 2.35. The Kier molecular flexibility index (Phi) is 5.06. The Labute approximate surface area is 173 Å². The van der Waals surface area contributed by atoms with Crippen LogP contribution in [-0.4, -0.2) is 33.5 Å². The fourth-order valence-corrected chi connectivity index (χ4v) is 3.68. The van der Waals surface area contributed by atoms with E-state index >= 15 is 0 Å². The molecule has 2 aromatic heterocycles. The number of carbonyl (C=O) groups is 2. The summed E-state index contributed by atoms with van der Waals surface area (Å²) in [5.41, 5.74) is 3.95. The molecule has 1 aliphatic carbocycles. The smallest absolute Gasteiger partial charge is 0.340 e. The van der Waals surface area contributed by atoms with Crippen molar-refractivity contribution in [1.29, 1.82) is 0 Å². The Morgan fingerprint density at radius 2 is 2.00 bits per heavy atom. The Balaban J connectivity index is 1.90. The number of benzene rings is 1. The SMILES string of the molecule is COC(=O)c1c(C=C2C(=O)C=Cc3ccccc32)c(O)n(Cc2cccnc2)c1C. The molecule has 0 amide bonds. The molecule has 0 unspecified atom stereocenters. The molecule has 4 rings (SSSR count). The van der Waals surface area contributed by atoms with Crippen molar-refractivity contribution in [3.63, 3.8) is 0 Å². The molecule has 1 N–H and O–H groups in total. The lowest BCUT2D eigenvalue weighted by molar-refractivity contribution is -0.109. The maximum absolute atomic E-state index is 12.6.